The zero-order valence-corrected chi connectivity index (χ0v) is 21.9. The Morgan fingerprint density at radius 2 is 2.03 bits per heavy atom. The molecule has 4 aromatic heterocycles. The average Bonchev–Trinajstić information content (AvgIpc) is 3.63. The number of thiazole rings is 1. The number of benzene rings is 1. The molecule has 0 fully saturated rings. The largest absolute Gasteiger partial charge is 0.384 e. The van der Waals surface area contributed by atoms with Gasteiger partial charge in [-0.15, -0.1) is 22.7 Å². The highest BCUT2D eigenvalue weighted by atomic mass is 32.1. The fourth-order valence-corrected chi connectivity index (χ4v) is 6.37. The van der Waals surface area contributed by atoms with E-state index in [9.17, 15) is 18.8 Å². The molecule has 14 heteroatoms. The minimum Gasteiger partial charge on any atom is -0.384 e. The van der Waals surface area contributed by atoms with Gasteiger partial charge in [-0.2, -0.15) is 0 Å². The van der Waals surface area contributed by atoms with E-state index >= 15 is 0 Å². The number of amides is 2. The molecule has 0 spiro atoms. The molecule has 39 heavy (non-hydrogen) atoms. The van der Waals surface area contributed by atoms with Crippen molar-refractivity contribution in [1.29, 1.82) is 0 Å². The zero-order chi connectivity index (χ0) is 27.3. The SMILES string of the molecule is CO[C@@H]1C[C@@H](C(=O)NCc2cc3cnc(N)cc3s2)n2c1ncc(NC(=O)c1nc3cc(F)ccc3s1)c2=O. The molecule has 1 aliphatic heterocycles. The highest BCUT2D eigenvalue weighted by Crippen LogP contribution is 2.34. The van der Waals surface area contributed by atoms with Crippen molar-refractivity contribution in [1.82, 2.24) is 24.8 Å². The first-order valence-corrected chi connectivity index (χ1v) is 13.4. The van der Waals surface area contributed by atoms with Crippen LogP contribution in [0, 0.1) is 5.82 Å². The number of aromatic nitrogens is 4. The Kier molecular flexibility index (Phi) is 6.29. The number of halogens is 1. The molecule has 0 aliphatic carbocycles. The van der Waals surface area contributed by atoms with E-state index in [1.54, 1.807) is 12.3 Å². The summed E-state index contributed by atoms with van der Waals surface area (Å²) >= 11 is 2.55. The molecule has 198 valence electrons. The summed E-state index contributed by atoms with van der Waals surface area (Å²) in [5, 5.41) is 6.40. The number of nitrogens with one attached hydrogen (secondary N) is 2. The van der Waals surface area contributed by atoms with Gasteiger partial charge in [-0.25, -0.2) is 19.3 Å². The Balaban J connectivity index is 1.23. The van der Waals surface area contributed by atoms with Gasteiger partial charge in [-0.1, -0.05) is 0 Å². The molecule has 0 saturated carbocycles. The number of rotatable bonds is 6. The zero-order valence-electron chi connectivity index (χ0n) is 20.3. The van der Waals surface area contributed by atoms with E-state index < -0.39 is 29.4 Å². The van der Waals surface area contributed by atoms with Crippen LogP contribution in [0.25, 0.3) is 20.3 Å². The van der Waals surface area contributed by atoms with Crippen LogP contribution in [-0.4, -0.2) is 38.4 Å². The Morgan fingerprint density at radius 1 is 1.18 bits per heavy atom. The maximum Gasteiger partial charge on any atom is 0.284 e. The van der Waals surface area contributed by atoms with E-state index in [0.29, 0.717) is 21.9 Å². The highest BCUT2D eigenvalue weighted by molar-refractivity contribution is 7.20. The Bertz CT molecular complexity index is 1830. The molecule has 11 nitrogen and oxygen atoms in total. The molecule has 5 aromatic rings. The average molecular weight is 566 g/mol. The van der Waals surface area contributed by atoms with Gasteiger partial charge in [0.25, 0.3) is 11.5 Å². The third-order valence-corrected chi connectivity index (χ3v) is 8.48. The molecule has 0 unspecified atom stereocenters. The number of pyridine rings is 1. The number of anilines is 2. The minimum absolute atomic E-state index is 0.0600. The van der Waals surface area contributed by atoms with Gasteiger partial charge in [-0.05, 0) is 24.3 Å². The number of fused-ring (bicyclic) bond motifs is 3. The summed E-state index contributed by atoms with van der Waals surface area (Å²) in [7, 11) is 1.48. The minimum atomic E-state index is -0.890. The molecular formula is C25H20FN7O4S2. The lowest BCUT2D eigenvalue weighted by atomic mass is 10.1. The summed E-state index contributed by atoms with van der Waals surface area (Å²) < 4.78 is 21.8. The predicted octanol–water partition coefficient (Wildman–Crippen LogP) is 3.39. The monoisotopic (exact) mass is 565 g/mol. The van der Waals surface area contributed by atoms with E-state index in [-0.39, 0.29) is 29.6 Å². The summed E-state index contributed by atoms with van der Waals surface area (Å²) in [5.41, 5.74) is 5.39. The second-order valence-corrected chi connectivity index (χ2v) is 11.0. The van der Waals surface area contributed by atoms with Gasteiger partial charge in [0.1, 0.15) is 35.3 Å². The first-order chi connectivity index (χ1) is 18.8. The van der Waals surface area contributed by atoms with E-state index in [1.807, 2.05) is 6.07 Å². The van der Waals surface area contributed by atoms with Crippen molar-refractivity contribution < 1.29 is 18.7 Å². The van der Waals surface area contributed by atoms with Crippen molar-refractivity contribution >= 4 is 66.3 Å². The number of methoxy groups -OCH3 is 1. The Hall–Kier alpha value is -4.27. The Labute approximate surface area is 227 Å². The van der Waals surface area contributed by atoms with Crippen molar-refractivity contribution in [3.05, 3.63) is 74.6 Å². The quantitative estimate of drug-likeness (QED) is 0.283. The van der Waals surface area contributed by atoms with Crippen LogP contribution in [-0.2, 0) is 16.1 Å². The number of nitrogens with two attached hydrogens (primary N) is 1. The number of carbonyl (C=O) groups is 2. The third kappa shape index (κ3) is 4.62. The first-order valence-electron chi connectivity index (χ1n) is 11.7. The number of hydrogen-bond acceptors (Lipinski definition) is 10. The molecule has 1 aromatic carbocycles. The fraction of sp³-hybridized carbons (Fsp3) is 0.200. The van der Waals surface area contributed by atoms with Crippen molar-refractivity contribution in [2.75, 3.05) is 18.2 Å². The maximum atomic E-state index is 13.5. The molecular weight excluding hydrogens is 545 g/mol. The standard InChI is InChI=1S/C25H20FN7O4S2/c1-37-17-6-16(22(34)30-9-13-4-11-8-28-20(27)7-19(11)38-13)33-21(17)29-10-15(25(33)36)31-23(35)24-32-14-5-12(26)2-3-18(14)39-24/h2-5,7-8,10,16-17H,6,9H2,1H3,(H2,27,28)(H,30,34)(H,31,35)/t16-,17+/m0/s1. The number of nitrogens with zero attached hydrogens (tertiary/aromatic N) is 4. The van der Waals surface area contributed by atoms with Crippen molar-refractivity contribution in [3.63, 3.8) is 0 Å². The Morgan fingerprint density at radius 3 is 2.85 bits per heavy atom. The second-order valence-electron chi connectivity index (χ2n) is 8.84. The van der Waals surface area contributed by atoms with Gasteiger partial charge in [0.15, 0.2) is 5.01 Å². The van der Waals surface area contributed by atoms with E-state index in [0.717, 1.165) is 26.3 Å². The van der Waals surface area contributed by atoms with E-state index in [1.165, 1.54) is 47.4 Å². The molecule has 5 heterocycles. The highest BCUT2D eigenvalue weighted by Gasteiger charge is 2.38. The number of ether oxygens (including phenoxy) is 1. The molecule has 6 rings (SSSR count). The summed E-state index contributed by atoms with van der Waals surface area (Å²) in [6, 6.07) is 6.85. The van der Waals surface area contributed by atoms with Crippen LogP contribution < -0.4 is 21.9 Å². The van der Waals surface area contributed by atoms with E-state index in [4.69, 9.17) is 10.5 Å². The molecule has 0 saturated heterocycles. The molecule has 0 bridgehead atoms. The third-order valence-electron chi connectivity index (χ3n) is 6.35. The van der Waals surface area contributed by atoms with Crippen molar-refractivity contribution in [2.45, 2.75) is 25.1 Å². The van der Waals surface area contributed by atoms with Gasteiger partial charge < -0.3 is 21.1 Å². The number of carbonyl (C=O) groups excluding carboxylic acids is 2. The lowest BCUT2D eigenvalue weighted by Crippen LogP contribution is -2.36. The van der Waals surface area contributed by atoms with Crippen molar-refractivity contribution in [3.8, 4) is 0 Å². The molecule has 0 radical (unpaired) electrons. The molecule has 4 N–H and O–H groups in total. The summed E-state index contributed by atoms with van der Waals surface area (Å²) in [6.45, 7) is 0.248. The van der Waals surface area contributed by atoms with Crippen LogP contribution in [0.4, 0.5) is 15.9 Å². The van der Waals surface area contributed by atoms with Crippen LogP contribution in [0.2, 0.25) is 0 Å². The van der Waals surface area contributed by atoms with Gasteiger partial charge >= 0.3 is 0 Å². The van der Waals surface area contributed by atoms with Crippen LogP contribution in [0.15, 0.2) is 47.5 Å². The molecule has 1 aliphatic rings. The topological polar surface area (TPSA) is 154 Å². The van der Waals surface area contributed by atoms with Crippen LogP contribution in [0.5, 0.6) is 0 Å². The summed E-state index contributed by atoms with van der Waals surface area (Å²) in [6.07, 6.45) is 2.55. The predicted molar refractivity (Wildman–Crippen MR) is 145 cm³/mol. The normalized spacial score (nSPS) is 16.5. The second kappa shape index (κ2) is 9.80. The van der Waals surface area contributed by atoms with Gasteiger partial charge in [0.05, 0.1) is 23.0 Å². The number of hydrogen-bond donors (Lipinski definition) is 3. The van der Waals surface area contributed by atoms with Crippen LogP contribution >= 0.6 is 22.7 Å². The van der Waals surface area contributed by atoms with E-state index in [2.05, 4.69) is 25.6 Å². The maximum absolute atomic E-state index is 13.5. The summed E-state index contributed by atoms with van der Waals surface area (Å²) in [4.78, 5) is 53.0. The van der Waals surface area contributed by atoms with Gasteiger partial charge in [0, 0.05) is 40.8 Å². The number of nitrogen functional groups attached to an aromatic ring is 1. The van der Waals surface area contributed by atoms with Crippen LogP contribution in [0.1, 0.15) is 39.1 Å². The lowest BCUT2D eigenvalue weighted by molar-refractivity contribution is -0.124. The van der Waals surface area contributed by atoms with Gasteiger partial charge in [-0.3, -0.25) is 19.0 Å². The smallest absolute Gasteiger partial charge is 0.284 e. The number of thiophene rings is 1. The lowest BCUT2D eigenvalue weighted by Gasteiger charge is -2.14. The first kappa shape index (κ1) is 25.0. The molecule has 2 amide bonds. The van der Waals surface area contributed by atoms with Crippen molar-refractivity contribution in [2.24, 2.45) is 0 Å². The summed E-state index contributed by atoms with van der Waals surface area (Å²) in [5.74, 6) is -0.781. The van der Waals surface area contributed by atoms with Gasteiger partial charge in [0.2, 0.25) is 5.91 Å². The van der Waals surface area contributed by atoms with Crippen LogP contribution in [0.3, 0.4) is 0 Å². The molecule has 2 atom stereocenters. The fourth-order valence-electron chi connectivity index (χ4n) is 4.50.